The van der Waals surface area contributed by atoms with Crippen molar-refractivity contribution in [3.63, 3.8) is 0 Å². The highest BCUT2D eigenvalue weighted by atomic mass is 16.5. The topological polar surface area (TPSA) is 64.3 Å². The number of ether oxygens (including phenoxy) is 1. The van der Waals surface area contributed by atoms with Crippen molar-refractivity contribution in [1.29, 1.82) is 0 Å². The summed E-state index contributed by atoms with van der Waals surface area (Å²) in [5.74, 6) is 2.46. The monoisotopic (exact) mass is 304 g/mol. The molecule has 0 aliphatic heterocycles. The van der Waals surface area contributed by atoms with Crippen LogP contribution in [-0.2, 0) is 4.79 Å². The number of nitrogens with one attached hydrogen (secondary N) is 1. The lowest BCUT2D eigenvalue weighted by molar-refractivity contribution is -0.123. The Balaban J connectivity index is 2.12. The third kappa shape index (κ3) is 3.73. The van der Waals surface area contributed by atoms with Crippen LogP contribution >= 0.6 is 0 Å². The summed E-state index contributed by atoms with van der Waals surface area (Å²) in [6, 6.07) is 5.36. The molecule has 22 heavy (non-hydrogen) atoms. The second-order valence-electron chi connectivity index (χ2n) is 6.88. The molecule has 1 aliphatic rings. The number of benzene rings is 1. The molecule has 3 N–H and O–H groups in total. The van der Waals surface area contributed by atoms with Crippen LogP contribution in [0.1, 0.15) is 40.0 Å². The number of carbonyl (C=O) groups excluding carboxylic acids is 1. The van der Waals surface area contributed by atoms with Gasteiger partial charge in [-0.15, -0.1) is 0 Å². The molecule has 3 atom stereocenters. The van der Waals surface area contributed by atoms with Crippen LogP contribution in [0.5, 0.6) is 5.75 Å². The molecule has 2 rings (SSSR count). The summed E-state index contributed by atoms with van der Waals surface area (Å²) in [7, 11) is 1.60. The minimum absolute atomic E-state index is 0.0743. The summed E-state index contributed by atoms with van der Waals surface area (Å²) < 4.78 is 5.14. The molecule has 0 aromatic heterocycles. The van der Waals surface area contributed by atoms with Crippen LogP contribution in [0.4, 0.5) is 11.4 Å². The summed E-state index contributed by atoms with van der Waals surface area (Å²) in [4.78, 5) is 12.7. The zero-order valence-corrected chi connectivity index (χ0v) is 14.1. The summed E-state index contributed by atoms with van der Waals surface area (Å²) in [5, 5.41) is 3.02. The first-order chi connectivity index (χ1) is 10.4. The van der Waals surface area contributed by atoms with E-state index in [4.69, 9.17) is 10.5 Å². The van der Waals surface area contributed by atoms with E-state index >= 15 is 0 Å². The number of anilines is 2. The van der Waals surface area contributed by atoms with Crippen molar-refractivity contribution in [2.45, 2.75) is 40.0 Å². The van der Waals surface area contributed by atoms with Gasteiger partial charge in [0, 0.05) is 12.0 Å². The van der Waals surface area contributed by atoms with Gasteiger partial charge in [-0.2, -0.15) is 0 Å². The van der Waals surface area contributed by atoms with Crippen LogP contribution < -0.4 is 15.8 Å². The smallest absolute Gasteiger partial charge is 0.227 e. The van der Waals surface area contributed by atoms with Gasteiger partial charge in [0.25, 0.3) is 0 Å². The van der Waals surface area contributed by atoms with E-state index in [1.165, 1.54) is 6.42 Å². The molecule has 4 nitrogen and oxygen atoms in total. The van der Waals surface area contributed by atoms with E-state index in [-0.39, 0.29) is 11.8 Å². The maximum atomic E-state index is 12.7. The Morgan fingerprint density at radius 3 is 2.68 bits per heavy atom. The molecule has 1 aromatic carbocycles. The van der Waals surface area contributed by atoms with E-state index in [1.54, 1.807) is 13.2 Å². The Labute approximate surface area is 133 Å². The number of carbonyl (C=O) groups is 1. The van der Waals surface area contributed by atoms with Crippen LogP contribution in [0.25, 0.3) is 0 Å². The van der Waals surface area contributed by atoms with Crippen molar-refractivity contribution in [1.82, 2.24) is 0 Å². The minimum Gasteiger partial charge on any atom is -0.497 e. The van der Waals surface area contributed by atoms with Crippen LogP contribution in [-0.4, -0.2) is 13.0 Å². The molecule has 0 saturated heterocycles. The molecule has 0 radical (unpaired) electrons. The molecule has 0 bridgehead atoms. The molecule has 1 amide bonds. The average molecular weight is 304 g/mol. The zero-order chi connectivity index (χ0) is 16.3. The molecular formula is C18H28N2O2. The zero-order valence-electron chi connectivity index (χ0n) is 14.1. The van der Waals surface area contributed by atoms with Gasteiger partial charge >= 0.3 is 0 Å². The number of rotatable bonds is 4. The molecular weight excluding hydrogens is 276 g/mol. The summed E-state index contributed by atoms with van der Waals surface area (Å²) in [5.41, 5.74) is 7.21. The second-order valence-corrected chi connectivity index (χ2v) is 6.88. The number of hydrogen-bond donors (Lipinski definition) is 2. The lowest BCUT2D eigenvalue weighted by atomic mass is 9.70. The van der Waals surface area contributed by atoms with Gasteiger partial charge in [0.2, 0.25) is 5.91 Å². The summed E-state index contributed by atoms with van der Waals surface area (Å²) in [6.45, 7) is 6.66. The minimum atomic E-state index is 0.0743. The first-order valence-corrected chi connectivity index (χ1v) is 8.16. The van der Waals surface area contributed by atoms with Crippen LogP contribution in [0.2, 0.25) is 0 Å². The Morgan fingerprint density at radius 1 is 1.36 bits per heavy atom. The fourth-order valence-corrected chi connectivity index (χ4v) is 3.51. The maximum Gasteiger partial charge on any atom is 0.227 e. The molecule has 1 fully saturated rings. The predicted molar refractivity (Wildman–Crippen MR) is 90.9 cm³/mol. The molecule has 4 heteroatoms. The van der Waals surface area contributed by atoms with Gasteiger partial charge in [0.15, 0.2) is 0 Å². The van der Waals surface area contributed by atoms with Gasteiger partial charge in [0.1, 0.15) is 5.75 Å². The fraction of sp³-hybridized carbons (Fsp3) is 0.611. The predicted octanol–water partition coefficient (Wildman–Crippen LogP) is 3.92. The fourth-order valence-electron chi connectivity index (χ4n) is 3.51. The van der Waals surface area contributed by atoms with E-state index in [9.17, 15) is 4.79 Å². The van der Waals surface area contributed by atoms with Crippen molar-refractivity contribution < 1.29 is 9.53 Å². The van der Waals surface area contributed by atoms with E-state index in [2.05, 4.69) is 26.1 Å². The number of hydrogen-bond acceptors (Lipinski definition) is 3. The molecule has 1 aliphatic carbocycles. The van der Waals surface area contributed by atoms with Gasteiger partial charge < -0.3 is 15.8 Å². The molecule has 0 spiro atoms. The highest BCUT2D eigenvalue weighted by molar-refractivity contribution is 5.95. The molecule has 0 heterocycles. The summed E-state index contributed by atoms with van der Waals surface area (Å²) in [6.07, 6.45) is 3.32. The van der Waals surface area contributed by atoms with Gasteiger partial charge in [-0.25, -0.2) is 0 Å². The highest BCUT2D eigenvalue weighted by Crippen LogP contribution is 2.39. The number of methoxy groups -OCH3 is 1. The number of nitrogen functional groups attached to an aromatic ring is 1. The number of nitrogens with two attached hydrogens (primary N) is 1. The largest absolute Gasteiger partial charge is 0.497 e. The van der Waals surface area contributed by atoms with E-state index in [0.717, 1.165) is 12.8 Å². The van der Waals surface area contributed by atoms with Crippen molar-refractivity contribution in [2.75, 3.05) is 18.2 Å². The van der Waals surface area contributed by atoms with Gasteiger partial charge in [-0.05, 0) is 42.7 Å². The van der Waals surface area contributed by atoms with Crippen LogP contribution in [0.15, 0.2) is 18.2 Å². The molecule has 1 aromatic rings. The van der Waals surface area contributed by atoms with E-state index < -0.39 is 0 Å². The Kier molecular flexibility index (Phi) is 5.33. The summed E-state index contributed by atoms with van der Waals surface area (Å²) >= 11 is 0. The first-order valence-electron chi connectivity index (χ1n) is 8.16. The van der Waals surface area contributed by atoms with Crippen molar-refractivity contribution >= 4 is 17.3 Å². The maximum absolute atomic E-state index is 12.7. The van der Waals surface area contributed by atoms with Crippen molar-refractivity contribution in [2.24, 2.45) is 23.7 Å². The number of amides is 1. The third-order valence-corrected chi connectivity index (χ3v) is 4.88. The van der Waals surface area contributed by atoms with E-state index in [0.29, 0.717) is 34.9 Å². The quantitative estimate of drug-likeness (QED) is 0.829. The Bertz CT molecular complexity index is 528. The Hall–Kier alpha value is -1.71. The van der Waals surface area contributed by atoms with Crippen molar-refractivity contribution in [3.05, 3.63) is 18.2 Å². The molecule has 1 saturated carbocycles. The van der Waals surface area contributed by atoms with Gasteiger partial charge in [-0.1, -0.05) is 27.2 Å². The standard InChI is InChI=1S/C18H28N2O2/c1-11(2)14-7-5-12(3)9-15(14)18(21)20-17-8-6-13(22-4)10-16(17)19/h6,8,10-12,14-15H,5,7,9,19H2,1-4H3,(H,20,21)/t12-,14+,15-/m1/s1. The molecule has 122 valence electrons. The van der Waals surface area contributed by atoms with Crippen molar-refractivity contribution in [3.8, 4) is 5.75 Å². The SMILES string of the molecule is COc1ccc(NC(=O)[C@@H]2C[C@H](C)CC[C@H]2C(C)C)c(N)c1. The van der Waals surface area contributed by atoms with Gasteiger partial charge in [-0.3, -0.25) is 4.79 Å². The van der Waals surface area contributed by atoms with Gasteiger partial charge in [0.05, 0.1) is 18.5 Å². The Morgan fingerprint density at radius 2 is 2.09 bits per heavy atom. The third-order valence-electron chi connectivity index (χ3n) is 4.88. The lowest BCUT2D eigenvalue weighted by Crippen LogP contribution is -2.36. The van der Waals surface area contributed by atoms with Crippen LogP contribution in [0.3, 0.4) is 0 Å². The van der Waals surface area contributed by atoms with Crippen LogP contribution in [0, 0.1) is 23.7 Å². The first kappa shape index (κ1) is 16.7. The lowest BCUT2D eigenvalue weighted by Gasteiger charge is -2.36. The molecule has 0 unspecified atom stereocenters. The highest BCUT2D eigenvalue weighted by Gasteiger charge is 2.35. The normalized spacial score (nSPS) is 25.0. The van der Waals surface area contributed by atoms with E-state index in [1.807, 2.05) is 12.1 Å². The second kappa shape index (κ2) is 7.03. The average Bonchev–Trinajstić information content (AvgIpc) is 2.48.